The van der Waals surface area contributed by atoms with Gasteiger partial charge >= 0.3 is 0 Å². The Hall–Kier alpha value is -2.05. The third-order valence-corrected chi connectivity index (χ3v) is 2.48. The first kappa shape index (κ1) is 10.5. The van der Waals surface area contributed by atoms with E-state index in [1.54, 1.807) is 0 Å². The first-order chi connectivity index (χ1) is 7.86. The van der Waals surface area contributed by atoms with Gasteiger partial charge in [0.15, 0.2) is 0 Å². The third kappa shape index (κ3) is 1.83. The molecule has 16 heavy (non-hydrogen) atoms. The van der Waals surface area contributed by atoms with Gasteiger partial charge in [0.2, 0.25) is 0 Å². The lowest BCUT2D eigenvalue weighted by atomic mass is 10.1. The Bertz CT molecular complexity index is 520. The molecule has 1 aromatic heterocycles. The van der Waals surface area contributed by atoms with E-state index in [0.29, 0.717) is 5.69 Å². The quantitative estimate of drug-likeness (QED) is 0.844. The van der Waals surface area contributed by atoms with Crippen LogP contribution in [0.25, 0.3) is 5.69 Å². The number of nitrogens with one attached hydrogen (secondary N) is 1. The van der Waals surface area contributed by atoms with Crippen molar-refractivity contribution in [1.29, 1.82) is 5.26 Å². The first-order valence-corrected chi connectivity index (χ1v) is 5.17. The van der Waals surface area contributed by atoms with Crippen LogP contribution < -0.4 is 5.32 Å². The minimum atomic E-state index is 0.656. The summed E-state index contributed by atoms with van der Waals surface area (Å²) in [6, 6.07) is 14.0. The zero-order valence-corrected chi connectivity index (χ0v) is 9.14. The number of para-hydroxylation sites is 1. The van der Waals surface area contributed by atoms with Crippen LogP contribution in [0.2, 0.25) is 0 Å². The fourth-order valence-electron chi connectivity index (χ4n) is 1.77. The summed E-state index contributed by atoms with van der Waals surface area (Å²) >= 11 is 0. The maximum Gasteiger partial charge on any atom is 0.124 e. The van der Waals surface area contributed by atoms with Crippen LogP contribution in [0.3, 0.4) is 0 Å². The SMILES string of the molecule is CNCc1ccccc1-n1cccc1C#N. The Morgan fingerprint density at radius 1 is 1.25 bits per heavy atom. The molecule has 2 aromatic rings. The van der Waals surface area contributed by atoms with Gasteiger partial charge in [0.05, 0.1) is 5.69 Å². The lowest BCUT2D eigenvalue weighted by molar-refractivity contribution is 0.807. The third-order valence-electron chi connectivity index (χ3n) is 2.48. The molecule has 0 fully saturated rings. The van der Waals surface area contributed by atoms with Gasteiger partial charge in [-0.05, 0) is 30.8 Å². The van der Waals surface area contributed by atoms with E-state index in [2.05, 4.69) is 17.5 Å². The van der Waals surface area contributed by atoms with Gasteiger partial charge in [-0.25, -0.2) is 0 Å². The molecule has 0 saturated carbocycles. The van der Waals surface area contributed by atoms with Crippen molar-refractivity contribution in [2.75, 3.05) is 7.05 Å². The van der Waals surface area contributed by atoms with E-state index in [1.165, 1.54) is 5.56 Å². The fourth-order valence-corrected chi connectivity index (χ4v) is 1.77. The van der Waals surface area contributed by atoms with Crippen LogP contribution in [0, 0.1) is 11.3 Å². The van der Waals surface area contributed by atoms with Crippen molar-refractivity contribution in [3.63, 3.8) is 0 Å². The predicted octanol–water partition coefficient (Wildman–Crippen LogP) is 2.07. The van der Waals surface area contributed by atoms with E-state index in [1.807, 2.05) is 48.1 Å². The molecule has 0 aliphatic carbocycles. The van der Waals surface area contributed by atoms with Gasteiger partial charge in [-0.1, -0.05) is 18.2 Å². The van der Waals surface area contributed by atoms with Crippen LogP contribution in [0.15, 0.2) is 42.6 Å². The Morgan fingerprint density at radius 2 is 2.06 bits per heavy atom. The van der Waals surface area contributed by atoms with Gasteiger partial charge in [0.1, 0.15) is 11.8 Å². The van der Waals surface area contributed by atoms with Crippen molar-refractivity contribution in [2.45, 2.75) is 6.54 Å². The van der Waals surface area contributed by atoms with Gasteiger partial charge in [-0.3, -0.25) is 0 Å². The molecule has 80 valence electrons. The van der Waals surface area contributed by atoms with E-state index < -0.39 is 0 Å². The van der Waals surface area contributed by atoms with Crippen molar-refractivity contribution in [3.8, 4) is 11.8 Å². The molecule has 3 heteroatoms. The van der Waals surface area contributed by atoms with Gasteiger partial charge in [-0.15, -0.1) is 0 Å². The highest BCUT2D eigenvalue weighted by molar-refractivity contribution is 5.45. The van der Waals surface area contributed by atoms with Gasteiger partial charge in [0.25, 0.3) is 0 Å². The van der Waals surface area contributed by atoms with Crippen LogP contribution in [-0.4, -0.2) is 11.6 Å². The zero-order valence-electron chi connectivity index (χ0n) is 9.14. The topological polar surface area (TPSA) is 40.8 Å². The summed E-state index contributed by atoms with van der Waals surface area (Å²) in [5, 5.41) is 12.1. The summed E-state index contributed by atoms with van der Waals surface area (Å²) in [5.41, 5.74) is 2.89. The minimum Gasteiger partial charge on any atom is -0.316 e. The second kappa shape index (κ2) is 4.65. The standard InChI is InChI=1S/C13H13N3/c1-15-10-11-5-2-3-7-13(11)16-8-4-6-12(16)9-14/h2-8,15H,10H2,1H3. The fraction of sp³-hybridized carbons (Fsp3) is 0.154. The maximum absolute atomic E-state index is 9.00. The normalized spacial score (nSPS) is 10.0. The zero-order chi connectivity index (χ0) is 11.4. The van der Waals surface area contributed by atoms with Crippen molar-refractivity contribution in [2.24, 2.45) is 0 Å². The molecule has 1 heterocycles. The summed E-state index contributed by atoms with van der Waals surface area (Å²) in [4.78, 5) is 0. The Morgan fingerprint density at radius 3 is 2.81 bits per heavy atom. The van der Waals surface area contributed by atoms with Crippen LogP contribution in [0.5, 0.6) is 0 Å². The highest BCUT2D eigenvalue weighted by Gasteiger charge is 2.06. The van der Waals surface area contributed by atoms with Crippen molar-refractivity contribution < 1.29 is 0 Å². The number of nitriles is 1. The average molecular weight is 211 g/mol. The number of benzene rings is 1. The van der Waals surface area contributed by atoms with Gasteiger partial charge in [0, 0.05) is 12.7 Å². The molecule has 0 aliphatic heterocycles. The highest BCUT2D eigenvalue weighted by atomic mass is 15.0. The van der Waals surface area contributed by atoms with Crippen LogP contribution in [0.1, 0.15) is 11.3 Å². The van der Waals surface area contributed by atoms with E-state index in [0.717, 1.165) is 12.2 Å². The van der Waals surface area contributed by atoms with Gasteiger partial charge < -0.3 is 9.88 Å². The predicted molar refractivity (Wildman–Crippen MR) is 63.2 cm³/mol. The lowest BCUT2D eigenvalue weighted by Crippen LogP contribution is -2.09. The number of hydrogen-bond acceptors (Lipinski definition) is 2. The monoisotopic (exact) mass is 211 g/mol. The molecule has 0 atom stereocenters. The van der Waals surface area contributed by atoms with Gasteiger partial charge in [-0.2, -0.15) is 5.26 Å². The van der Waals surface area contributed by atoms with Crippen molar-refractivity contribution in [1.82, 2.24) is 9.88 Å². The summed E-state index contributed by atoms with van der Waals surface area (Å²) in [5.74, 6) is 0. The molecule has 0 spiro atoms. The number of nitrogens with zero attached hydrogens (tertiary/aromatic N) is 2. The molecule has 0 radical (unpaired) electrons. The number of hydrogen-bond donors (Lipinski definition) is 1. The lowest BCUT2D eigenvalue weighted by Gasteiger charge is -2.11. The van der Waals surface area contributed by atoms with Crippen LogP contribution >= 0.6 is 0 Å². The molecular weight excluding hydrogens is 198 g/mol. The molecule has 0 unspecified atom stereocenters. The van der Waals surface area contributed by atoms with E-state index in [4.69, 9.17) is 5.26 Å². The second-order valence-electron chi connectivity index (χ2n) is 3.53. The Kier molecular flexibility index (Phi) is 3.04. The summed E-state index contributed by atoms with van der Waals surface area (Å²) in [7, 11) is 1.91. The molecule has 0 aliphatic rings. The maximum atomic E-state index is 9.00. The van der Waals surface area contributed by atoms with E-state index >= 15 is 0 Å². The van der Waals surface area contributed by atoms with Crippen molar-refractivity contribution >= 4 is 0 Å². The number of rotatable bonds is 3. The molecule has 0 bridgehead atoms. The summed E-state index contributed by atoms with van der Waals surface area (Å²) in [6.07, 6.45) is 1.91. The van der Waals surface area contributed by atoms with E-state index in [-0.39, 0.29) is 0 Å². The molecule has 3 nitrogen and oxygen atoms in total. The highest BCUT2D eigenvalue weighted by Crippen LogP contribution is 2.16. The van der Waals surface area contributed by atoms with E-state index in [9.17, 15) is 0 Å². The first-order valence-electron chi connectivity index (χ1n) is 5.17. The Balaban J connectivity index is 2.52. The molecule has 1 N–H and O–H groups in total. The molecule has 0 saturated heterocycles. The van der Waals surface area contributed by atoms with Crippen LogP contribution in [0.4, 0.5) is 0 Å². The molecule has 1 aromatic carbocycles. The second-order valence-corrected chi connectivity index (χ2v) is 3.53. The van der Waals surface area contributed by atoms with Crippen molar-refractivity contribution in [3.05, 3.63) is 53.9 Å². The largest absolute Gasteiger partial charge is 0.316 e. The smallest absolute Gasteiger partial charge is 0.124 e. The summed E-state index contributed by atoms with van der Waals surface area (Å²) < 4.78 is 1.91. The minimum absolute atomic E-state index is 0.656. The summed E-state index contributed by atoms with van der Waals surface area (Å²) in [6.45, 7) is 0.791. The molecular formula is C13H13N3. The van der Waals surface area contributed by atoms with Crippen LogP contribution in [-0.2, 0) is 6.54 Å². The number of aromatic nitrogens is 1. The average Bonchev–Trinajstić information content (AvgIpc) is 2.78. The Labute approximate surface area is 94.9 Å². The molecule has 2 rings (SSSR count). The molecule has 0 amide bonds.